The molecule has 124 valence electrons. The SMILES string of the molecule is Nc1c(Br)cc(C(=O)OCC(=O)c2cccc([N+](=O)[O-])c2)cc1Br. The molecule has 0 aliphatic carbocycles. The molecule has 0 amide bonds. The summed E-state index contributed by atoms with van der Waals surface area (Å²) < 4.78 is 5.97. The first-order valence-electron chi connectivity index (χ1n) is 6.49. The molecule has 2 aromatic rings. The number of carbonyl (C=O) groups is 2. The first-order valence-corrected chi connectivity index (χ1v) is 8.07. The van der Waals surface area contributed by atoms with E-state index in [1.807, 2.05) is 0 Å². The van der Waals surface area contributed by atoms with Crippen molar-refractivity contribution < 1.29 is 19.2 Å². The van der Waals surface area contributed by atoms with Crippen molar-refractivity contribution in [3.8, 4) is 0 Å². The molecule has 2 aromatic carbocycles. The Morgan fingerprint density at radius 2 is 1.75 bits per heavy atom. The number of nitro benzene ring substituents is 1. The molecule has 0 fully saturated rings. The van der Waals surface area contributed by atoms with Gasteiger partial charge in [0, 0.05) is 26.6 Å². The van der Waals surface area contributed by atoms with Crippen LogP contribution in [0.25, 0.3) is 0 Å². The molecule has 9 heteroatoms. The van der Waals surface area contributed by atoms with Crippen LogP contribution in [0, 0.1) is 10.1 Å². The molecular weight excluding hydrogens is 448 g/mol. The summed E-state index contributed by atoms with van der Waals surface area (Å²) in [5.74, 6) is -1.25. The van der Waals surface area contributed by atoms with E-state index in [0.29, 0.717) is 14.6 Å². The third-order valence-electron chi connectivity index (χ3n) is 3.03. The van der Waals surface area contributed by atoms with Gasteiger partial charge in [-0.05, 0) is 44.0 Å². The number of nitrogens with zero attached hydrogens (tertiary/aromatic N) is 1. The number of ketones is 1. The van der Waals surface area contributed by atoms with Crippen LogP contribution in [0.1, 0.15) is 20.7 Å². The number of anilines is 1. The molecule has 0 atom stereocenters. The largest absolute Gasteiger partial charge is 0.454 e. The fourth-order valence-corrected chi connectivity index (χ4v) is 2.98. The number of nitrogen functional groups attached to an aromatic ring is 1. The molecule has 0 bridgehead atoms. The third-order valence-corrected chi connectivity index (χ3v) is 4.34. The molecule has 0 saturated heterocycles. The summed E-state index contributed by atoms with van der Waals surface area (Å²) in [5, 5.41) is 10.7. The first kappa shape index (κ1) is 18.1. The van der Waals surface area contributed by atoms with Gasteiger partial charge >= 0.3 is 5.97 Å². The van der Waals surface area contributed by atoms with Crippen molar-refractivity contribution >= 4 is 55.0 Å². The normalized spacial score (nSPS) is 10.2. The van der Waals surface area contributed by atoms with Crippen LogP contribution in [-0.2, 0) is 4.74 Å². The second-order valence-electron chi connectivity index (χ2n) is 4.66. The minimum atomic E-state index is -0.713. The van der Waals surface area contributed by atoms with Crippen molar-refractivity contribution in [3.05, 3.63) is 66.6 Å². The lowest BCUT2D eigenvalue weighted by Gasteiger charge is -2.07. The lowest BCUT2D eigenvalue weighted by atomic mass is 10.1. The summed E-state index contributed by atoms with van der Waals surface area (Å²) in [7, 11) is 0. The van der Waals surface area contributed by atoms with Crippen molar-refractivity contribution in [2.45, 2.75) is 0 Å². The highest BCUT2D eigenvalue weighted by atomic mass is 79.9. The van der Waals surface area contributed by atoms with Crippen LogP contribution in [-0.4, -0.2) is 23.3 Å². The number of nitrogens with two attached hydrogens (primary N) is 1. The van der Waals surface area contributed by atoms with E-state index in [-0.39, 0.29) is 16.8 Å². The van der Waals surface area contributed by atoms with Crippen LogP contribution in [0.2, 0.25) is 0 Å². The molecule has 0 heterocycles. The Morgan fingerprint density at radius 1 is 1.12 bits per heavy atom. The molecule has 24 heavy (non-hydrogen) atoms. The maximum Gasteiger partial charge on any atom is 0.338 e. The summed E-state index contributed by atoms with van der Waals surface area (Å²) in [4.78, 5) is 34.1. The van der Waals surface area contributed by atoms with Crippen molar-refractivity contribution in [1.82, 2.24) is 0 Å². The number of Topliss-reactive ketones (excluding diaryl/α,β-unsaturated/α-hetero) is 1. The molecular formula is C15H10Br2N2O5. The number of halogens is 2. The molecule has 2 N–H and O–H groups in total. The van der Waals surface area contributed by atoms with E-state index < -0.39 is 23.3 Å². The number of hydrogen-bond acceptors (Lipinski definition) is 6. The highest BCUT2D eigenvalue weighted by Crippen LogP contribution is 2.29. The smallest absolute Gasteiger partial charge is 0.338 e. The number of non-ortho nitro benzene ring substituents is 1. The van der Waals surface area contributed by atoms with E-state index in [1.165, 1.54) is 30.3 Å². The first-order chi connectivity index (χ1) is 11.3. The van der Waals surface area contributed by atoms with Gasteiger partial charge in [0.1, 0.15) is 0 Å². The van der Waals surface area contributed by atoms with Gasteiger partial charge in [-0.15, -0.1) is 0 Å². The monoisotopic (exact) mass is 456 g/mol. The Labute approximate surface area is 153 Å². The molecule has 0 spiro atoms. The van der Waals surface area contributed by atoms with Crippen molar-refractivity contribution in [2.75, 3.05) is 12.3 Å². The van der Waals surface area contributed by atoms with Gasteiger partial charge in [-0.3, -0.25) is 14.9 Å². The molecule has 0 radical (unpaired) electrons. The van der Waals surface area contributed by atoms with Crippen LogP contribution in [0.15, 0.2) is 45.3 Å². The molecule has 0 saturated carbocycles. The zero-order chi connectivity index (χ0) is 17.9. The van der Waals surface area contributed by atoms with Gasteiger partial charge in [-0.2, -0.15) is 0 Å². The number of rotatable bonds is 5. The van der Waals surface area contributed by atoms with Crippen molar-refractivity contribution in [1.29, 1.82) is 0 Å². The standard InChI is InChI=1S/C15H10Br2N2O5/c16-11-5-9(6-12(17)14(11)18)15(21)24-7-13(20)8-2-1-3-10(4-8)19(22)23/h1-6H,7,18H2. The summed E-state index contributed by atoms with van der Waals surface area (Å²) >= 11 is 6.42. The van der Waals surface area contributed by atoms with Crippen LogP contribution < -0.4 is 5.73 Å². The Kier molecular flexibility index (Phi) is 5.68. The van der Waals surface area contributed by atoms with E-state index in [0.717, 1.165) is 6.07 Å². The number of esters is 1. The molecule has 0 aliphatic heterocycles. The second kappa shape index (κ2) is 7.54. The van der Waals surface area contributed by atoms with Crippen LogP contribution in [0.3, 0.4) is 0 Å². The number of ether oxygens (including phenoxy) is 1. The van der Waals surface area contributed by atoms with Gasteiger partial charge in [0.15, 0.2) is 6.61 Å². The predicted molar refractivity (Wildman–Crippen MR) is 94.0 cm³/mol. The highest BCUT2D eigenvalue weighted by molar-refractivity contribution is 9.11. The van der Waals surface area contributed by atoms with Crippen molar-refractivity contribution in [2.24, 2.45) is 0 Å². The van der Waals surface area contributed by atoms with Crippen LogP contribution >= 0.6 is 31.9 Å². The lowest BCUT2D eigenvalue weighted by molar-refractivity contribution is -0.384. The molecule has 2 rings (SSSR count). The number of hydrogen-bond donors (Lipinski definition) is 1. The van der Waals surface area contributed by atoms with Crippen molar-refractivity contribution in [3.63, 3.8) is 0 Å². The van der Waals surface area contributed by atoms with Gasteiger partial charge in [0.2, 0.25) is 5.78 Å². The Balaban J connectivity index is 2.07. The summed E-state index contributed by atoms with van der Waals surface area (Å²) in [6, 6.07) is 8.15. The summed E-state index contributed by atoms with van der Waals surface area (Å²) in [5.41, 5.74) is 6.25. The Hall–Kier alpha value is -2.26. The lowest BCUT2D eigenvalue weighted by Crippen LogP contribution is -2.14. The highest BCUT2D eigenvalue weighted by Gasteiger charge is 2.16. The molecule has 0 aliphatic rings. The van der Waals surface area contributed by atoms with Gasteiger partial charge in [0.25, 0.3) is 5.69 Å². The Bertz CT molecular complexity index is 815. The fraction of sp³-hybridized carbons (Fsp3) is 0.0667. The number of carbonyl (C=O) groups excluding carboxylic acids is 2. The molecule has 0 unspecified atom stereocenters. The van der Waals surface area contributed by atoms with Crippen LogP contribution in [0.5, 0.6) is 0 Å². The zero-order valence-electron chi connectivity index (χ0n) is 12.0. The predicted octanol–water partition coefficient (Wildman–Crippen LogP) is 3.74. The van der Waals surface area contributed by atoms with Gasteiger partial charge < -0.3 is 10.5 Å². The quantitative estimate of drug-likeness (QED) is 0.240. The van der Waals surface area contributed by atoms with Gasteiger partial charge in [0.05, 0.1) is 16.2 Å². The van der Waals surface area contributed by atoms with Gasteiger partial charge in [-0.1, -0.05) is 12.1 Å². The van der Waals surface area contributed by atoms with E-state index in [4.69, 9.17) is 10.5 Å². The van der Waals surface area contributed by atoms with E-state index in [1.54, 1.807) is 0 Å². The van der Waals surface area contributed by atoms with Crippen LogP contribution in [0.4, 0.5) is 11.4 Å². The maximum atomic E-state index is 12.0. The average Bonchev–Trinajstić information content (AvgIpc) is 2.56. The van der Waals surface area contributed by atoms with E-state index in [9.17, 15) is 19.7 Å². The topological polar surface area (TPSA) is 113 Å². The van der Waals surface area contributed by atoms with E-state index in [2.05, 4.69) is 31.9 Å². The van der Waals surface area contributed by atoms with E-state index >= 15 is 0 Å². The fourth-order valence-electron chi connectivity index (χ4n) is 1.79. The minimum Gasteiger partial charge on any atom is -0.454 e. The number of benzene rings is 2. The molecule has 7 nitrogen and oxygen atoms in total. The molecule has 0 aromatic heterocycles. The summed E-state index contributed by atoms with van der Waals surface area (Å²) in [6.45, 7) is -0.528. The number of nitro groups is 1. The Morgan fingerprint density at radius 3 is 2.33 bits per heavy atom. The van der Waals surface area contributed by atoms with Gasteiger partial charge in [-0.25, -0.2) is 4.79 Å². The second-order valence-corrected chi connectivity index (χ2v) is 6.37. The average molecular weight is 458 g/mol. The summed E-state index contributed by atoms with van der Waals surface area (Å²) in [6.07, 6.45) is 0. The minimum absolute atomic E-state index is 0.0941. The maximum absolute atomic E-state index is 12.0. The zero-order valence-corrected chi connectivity index (χ0v) is 15.2. The third kappa shape index (κ3) is 4.18.